The Balaban J connectivity index is 2.16. The molecule has 1 amide bonds. The lowest BCUT2D eigenvalue weighted by Gasteiger charge is -2.22. The first-order valence-electron chi connectivity index (χ1n) is 5.94. The fraction of sp³-hybridized carbons (Fsp3) is 0.462. The third kappa shape index (κ3) is 2.41. The van der Waals surface area contributed by atoms with E-state index in [1.807, 2.05) is 0 Å². The number of rotatable bonds is 3. The van der Waals surface area contributed by atoms with Crippen molar-refractivity contribution in [3.05, 3.63) is 18.2 Å². The molecule has 0 bridgehead atoms. The van der Waals surface area contributed by atoms with Crippen LogP contribution in [-0.4, -0.2) is 25.2 Å². The van der Waals surface area contributed by atoms with Crippen LogP contribution in [0, 0.1) is 0 Å². The molecule has 18 heavy (non-hydrogen) atoms. The second kappa shape index (κ2) is 4.86. The molecule has 1 fully saturated rings. The summed E-state index contributed by atoms with van der Waals surface area (Å²) >= 11 is 0. The lowest BCUT2D eigenvalue weighted by molar-refractivity contribution is -0.133. The maximum Gasteiger partial charge on any atom is 0.256 e. The summed E-state index contributed by atoms with van der Waals surface area (Å²) in [5, 5.41) is 2.83. The van der Waals surface area contributed by atoms with Crippen LogP contribution in [-0.2, 0) is 9.53 Å². The summed E-state index contributed by atoms with van der Waals surface area (Å²) in [4.78, 5) is 12.2. The van der Waals surface area contributed by atoms with Crippen molar-refractivity contribution in [3.63, 3.8) is 0 Å². The predicted octanol–water partition coefficient (Wildman–Crippen LogP) is 1.78. The quantitative estimate of drug-likeness (QED) is 0.802. The third-order valence-corrected chi connectivity index (χ3v) is 3.17. The van der Waals surface area contributed by atoms with E-state index >= 15 is 0 Å². The van der Waals surface area contributed by atoms with E-state index in [0.29, 0.717) is 23.7 Å². The average molecular weight is 250 g/mol. The summed E-state index contributed by atoms with van der Waals surface area (Å²) in [6.07, 6.45) is 1.64. The van der Waals surface area contributed by atoms with Crippen LogP contribution in [0.1, 0.15) is 19.8 Å². The van der Waals surface area contributed by atoms with Crippen molar-refractivity contribution in [2.45, 2.75) is 25.4 Å². The number of anilines is 2. The van der Waals surface area contributed by atoms with Crippen LogP contribution in [0.4, 0.5) is 11.4 Å². The van der Waals surface area contributed by atoms with Crippen molar-refractivity contribution in [2.75, 3.05) is 24.8 Å². The van der Waals surface area contributed by atoms with E-state index in [-0.39, 0.29) is 5.91 Å². The van der Waals surface area contributed by atoms with Crippen molar-refractivity contribution >= 4 is 17.3 Å². The minimum atomic E-state index is -0.744. The number of benzene rings is 1. The van der Waals surface area contributed by atoms with Gasteiger partial charge in [0.1, 0.15) is 11.4 Å². The molecule has 0 aliphatic carbocycles. The predicted molar refractivity (Wildman–Crippen MR) is 69.6 cm³/mol. The molecule has 5 heteroatoms. The second-order valence-electron chi connectivity index (χ2n) is 4.60. The topological polar surface area (TPSA) is 73.6 Å². The number of nitrogen functional groups attached to an aromatic ring is 1. The van der Waals surface area contributed by atoms with Crippen molar-refractivity contribution in [1.82, 2.24) is 0 Å². The van der Waals surface area contributed by atoms with Crippen LogP contribution in [0.25, 0.3) is 0 Å². The summed E-state index contributed by atoms with van der Waals surface area (Å²) in [6, 6.07) is 5.12. The Morgan fingerprint density at radius 2 is 2.33 bits per heavy atom. The number of hydrogen-bond acceptors (Lipinski definition) is 4. The van der Waals surface area contributed by atoms with Crippen molar-refractivity contribution in [3.8, 4) is 5.75 Å². The molecule has 1 saturated heterocycles. The van der Waals surface area contributed by atoms with Gasteiger partial charge in [0, 0.05) is 18.4 Å². The number of methoxy groups -OCH3 is 1. The van der Waals surface area contributed by atoms with Gasteiger partial charge in [-0.15, -0.1) is 0 Å². The van der Waals surface area contributed by atoms with E-state index in [9.17, 15) is 4.79 Å². The van der Waals surface area contributed by atoms with Gasteiger partial charge in [-0.1, -0.05) is 0 Å². The summed E-state index contributed by atoms with van der Waals surface area (Å²) in [6.45, 7) is 2.43. The zero-order valence-corrected chi connectivity index (χ0v) is 10.7. The van der Waals surface area contributed by atoms with Crippen molar-refractivity contribution < 1.29 is 14.3 Å². The average Bonchev–Trinajstić information content (AvgIpc) is 2.79. The van der Waals surface area contributed by atoms with Gasteiger partial charge in [0.2, 0.25) is 0 Å². The number of ether oxygens (including phenoxy) is 2. The summed E-state index contributed by atoms with van der Waals surface area (Å²) in [7, 11) is 1.54. The molecule has 1 unspecified atom stereocenters. The Labute approximate surface area is 106 Å². The molecule has 1 aromatic rings. The molecule has 1 heterocycles. The molecule has 0 radical (unpaired) electrons. The highest BCUT2D eigenvalue weighted by molar-refractivity contribution is 5.98. The molecular formula is C13H18N2O3. The molecule has 0 aromatic heterocycles. The van der Waals surface area contributed by atoms with Gasteiger partial charge in [-0.05, 0) is 31.9 Å². The molecule has 3 N–H and O–H groups in total. The highest BCUT2D eigenvalue weighted by atomic mass is 16.5. The van der Waals surface area contributed by atoms with Gasteiger partial charge in [-0.2, -0.15) is 0 Å². The van der Waals surface area contributed by atoms with Gasteiger partial charge >= 0.3 is 0 Å². The summed E-state index contributed by atoms with van der Waals surface area (Å²) in [5.74, 6) is 0.396. The zero-order valence-electron chi connectivity index (χ0n) is 10.7. The minimum absolute atomic E-state index is 0.150. The van der Waals surface area contributed by atoms with Gasteiger partial charge in [0.05, 0.1) is 12.8 Å². The van der Waals surface area contributed by atoms with Crippen LogP contribution in [0.2, 0.25) is 0 Å². The molecule has 2 rings (SSSR count). The van der Waals surface area contributed by atoms with E-state index in [4.69, 9.17) is 15.2 Å². The van der Waals surface area contributed by atoms with Gasteiger partial charge in [-0.3, -0.25) is 4.79 Å². The van der Waals surface area contributed by atoms with Crippen LogP contribution >= 0.6 is 0 Å². The minimum Gasteiger partial charge on any atom is -0.494 e. The van der Waals surface area contributed by atoms with Gasteiger partial charge in [0.15, 0.2) is 0 Å². The third-order valence-electron chi connectivity index (χ3n) is 3.17. The monoisotopic (exact) mass is 250 g/mol. The fourth-order valence-corrected chi connectivity index (χ4v) is 2.02. The normalized spacial score (nSPS) is 22.8. The molecule has 1 aromatic carbocycles. The largest absolute Gasteiger partial charge is 0.494 e. The lowest BCUT2D eigenvalue weighted by atomic mass is 10.0. The highest BCUT2D eigenvalue weighted by Crippen LogP contribution is 2.30. The Morgan fingerprint density at radius 1 is 1.56 bits per heavy atom. The molecule has 5 nitrogen and oxygen atoms in total. The highest BCUT2D eigenvalue weighted by Gasteiger charge is 2.37. The standard InChI is InChI=1S/C13H18N2O3/c1-13(6-3-7-18-13)12(16)15-10-5-4-9(14)8-11(10)17-2/h4-5,8H,3,6-7,14H2,1-2H3,(H,15,16). The van der Waals surface area contributed by atoms with Crippen LogP contribution in [0.15, 0.2) is 18.2 Å². The maximum absolute atomic E-state index is 12.2. The number of carbonyl (C=O) groups excluding carboxylic acids is 1. The SMILES string of the molecule is COc1cc(N)ccc1NC(=O)C1(C)CCCO1. The molecule has 0 spiro atoms. The summed E-state index contributed by atoms with van der Waals surface area (Å²) < 4.78 is 10.7. The molecule has 98 valence electrons. The Bertz CT molecular complexity index is 454. The van der Waals surface area contributed by atoms with Gasteiger partial charge < -0.3 is 20.5 Å². The number of carbonyl (C=O) groups is 1. The van der Waals surface area contributed by atoms with E-state index in [1.165, 1.54) is 7.11 Å². The number of nitrogens with two attached hydrogens (primary N) is 1. The zero-order chi connectivity index (χ0) is 13.2. The van der Waals surface area contributed by atoms with Crippen LogP contribution in [0.5, 0.6) is 5.75 Å². The summed E-state index contributed by atoms with van der Waals surface area (Å²) in [5.41, 5.74) is 6.12. The molecule has 0 saturated carbocycles. The lowest BCUT2D eigenvalue weighted by Crippen LogP contribution is -2.39. The molecule has 1 aliphatic heterocycles. The molecule has 1 atom stereocenters. The van der Waals surface area contributed by atoms with Crippen molar-refractivity contribution in [1.29, 1.82) is 0 Å². The van der Waals surface area contributed by atoms with Gasteiger partial charge in [0.25, 0.3) is 5.91 Å². The van der Waals surface area contributed by atoms with E-state index in [1.54, 1.807) is 25.1 Å². The van der Waals surface area contributed by atoms with E-state index < -0.39 is 5.60 Å². The second-order valence-corrected chi connectivity index (χ2v) is 4.60. The maximum atomic E-state index is 12.2. The fourth-order valence-electron chi connectivity index (χ4n) is 2.02. The number of nitrogens with one attached hydrogen (secondary N) is 1. The first kappa shape index (κ1) is 12.7. The Kier molecular flexibility index (Phi) is 3.43. The van der Waals surface area contributed by atoms with Crippen LogP contribution in [0.3, 0.4) is 0 Å². The van der Waals surface area contributed by atoms with E-state index in [0.717, 1.165) is 12.8 Å². The van der Waals surface area contributed by atoms with Crippen LogP contribution < -0.4 is 15.8 Å². The number of hydrogen-bond donors (Lipinski definition) is 2. The molecular weight excluding hydrogens is 232 g/mol. The smallest absolute Gasteiger partial charge is 0.256 e. The van der Waals surface area contributed by atoms with Crippen molar-refractivity contribution in [2.24, 2.45) is 0 Å². The Hall–Kier alpha value is -1.75. The first-order valence-corrected chi connectivity index (χ1v) is 5.94. The Morgan fingerprint density at radius 3 is 2.94 bits per heavy atom. The first-order chi connectivity index (χ1) is 8.55. The molecule has 1 aliphatic rings. The van der Waals surface area contributed by atoms with Gasteiger partial charge in [-0.25, -0.2) is 0 Å². The van der Waals surface area contributed by atoms with E-state index in [2.05, 4.69) is 5.32 Å². The number of amides is 1.